The lowest BCUT2D eigenvalue weighted by atomic mass is 10.1. The average molecular weight is 364 g/mol. The van der Waals surface area contributed by atoms with Gasteiger partial charge in [0.05, 0.1) is 11.6 Å². The van der Waals surface area contributed by atoms with Crippen LogP contribution < -0.4 is 10.5 Å². The third-order valence-electron chi connectivity index (χ3n) is 3.60. The zero-order valence-corrected chi connectivity index (χ0v) is 14.0. The van der Waals surface area contributed by atoms with Crippen LogP contribution in [0.5, 0.6) is 5.75 Å². The minimum atomic E-state index is -3.00. The van der Waals surface area contributed by atoms with Crippen LogP contribution in [0.25, 0.3) is 0 Å². The summed E-state index contributed by atoms with van der Waals surface area (Å²) < 4.78 is 29.2. The molecule has 0 aliphatic carbocycles. The molecule has 0 aromatic heterocycles. The molecule has 1 heterocycles. The van der Waals surface area contributed by atoms with Gasteiger partial charge in [0, 0.05) is 26.2 Å². The number of halogens is 3. The van der Waals surface area contributed by atoms with Gasteiger partial charge < -0.3 is 20.3 Å². The first kappa shape index (κ1) is 20.1. The first-order chi connectivity index (χ1) is 10.9. The molecule has 0 radical (unpaired) electrons. The third-order valence-corrected chi connectivity index (χ3v) is 3.60. The monoisotopic (exact) mass is 363 g/mol. The number of para-hydroxylation sites is 1. The highest BCUT2D eigenvalue weighted by atomic mass is 35.5. The van der Waals surface area contributed by atoms with Crippen LogP contribution in [0.4, 0.5) is 8.78 Å². The minimum absolute atomic E-state index is 0. The summed E-state index contributed by atoms with van der Waals surface area (Å²) in [5.41, 5.74) is 5.64. The normalized spacial score (nSPS) is 15.7. The van der Waals surface area contributed by atoms with Crippen LogP contribution in [0.1, 0.15) is 17.3 Å². The Hall–Kier alpha value is -1.93. The number of carbonyl (C=O) groups excluding carboxylic acids is 2. The number of hydrogen-bond acceptors (Lipinski definition) is 4. The molecular formula is C15H20ClF2N3O3. The van der Waals surface area contributed by atoms with Crippen molar-refractivity contribution >= 4 is 24.2 Å². The molecule has 1 aliphatic rings. The highest BCUT2D eigenvalue weighted by molar-refractivity contribution is 5.97. The van der Waals surface area contributed by atoms with Crippen LogP contribution in [0.15, 0.2) is 24.3 Å². The van der Waals surface area contributed by atoms with E-state index in [1.165, 1.54) is 23.1 Å². The van der Waals surface area contributed by atoms with E-state index in [-0.39, 0.29) is 29.6 Å². The number of nitrogens with zero attached hydrogens (tertiary/aromatic N) is 2. The number of carbonyl (C=O) groups is 2. The maximum absolute atomic E-state index is 12.5. The van der Waals surface area contributed by atoms with E-state index in [1.54, 1.807) is 17.9 Å². The van der Waals surface area contributed by atoms with Crippen molar-refractivity contribution in [1.82, 2.24) is 9.80 Å². The van der Waals surface area contributed by atoms with Gasteiger partial charge in [-0.05, 0) is 19.1 Å². The van der Waals surface area contributed by atoms with E-state index in [4.69, 9.17) is 5.73 Å². The standard InChI is InChI=1S/C15H19F2N3O3.ClH/c1-10(18)13(21)19-6-8-20(9-7-19)14(22)11-4-2-3-5-12(11)23-15(16)17;/h2-5,10,15H,6-9,18H2,1H3;1H. The SMILES string of the molecule is CC(N)C(=O)N1CCN(C(=O)c2ccccc2OC(F)F)CC1.Cl. The van der Waals surface area contributed by atoms with Crippen molar-refractivity contribution in [3.8, 4) is 5.75 Å². The number of benzene rings is 1. The number of amides is 2. The van der Waals surface area contributed by atoms with Gasteiger partial charge in [0.25, 0.3) is 5.91 Å². The van der Waals surface area contributed by atoms with Gasteiger partial charge >= 0.3 is 6.61 Å². The molecule has 1 aliphatic heterocycles. The number of hydrogen-bond donors (Lipinski definition) is 1. The summed E-state index contributed by atoms with van der Waals surface area (Å²) >= 11 is 0. The maximum Gasteiger partial charge on any atom is 0.387 e. The lowest BCUT2D eigenvalue weighted by Gasteiger charge is -2.35. The minimum Gasteiger partial charge on any atom is -0.434 e. The van der Waals surface area contributed by atoms with Crippen molar-refractivity contribution < 1.29 is 23.1 Å². The first-order valence-corrected chi connectivity index (χ1v) is 7.27. The molecule has 9 heteroatoms. The van der Waals surface area contributed by atoms with Crippen LogP contribution in [0, 0.1) is 0 Å². The Kier molecular flexibility index (Phi) is 7.37. The fourth-order valence-electron chi connectivity index (χ4n) is 2.43. The number of piperazine rings is 1. The van der Waals surface area contributed by atoms with E-state index in [2.05, 4.69) is 4.74 Å². The van der Waals surface area contributed by atoms with Crippen LogP contribution >= 0.6 is 12.4 Å². The Morgan fingerprint density at radius 3 is 2.21 bits per heavy atom. The summed E-state index contributed by atoms with van der Waals surface area (Å²) in [6.07, 6.45) is 0. The van der Waals surface area contributed by atoms with Gasteiger partial charge in [-0.1, -0.05) is 12.1 Å². The van der Waals surface area contributed by atoms with E-state index in [0.29, 0.717) is 26.2 Å². The van der Waals surface area contributed by atoms with Gasteiger partial charge in [0.15, 0.2) is 0 Å². The molecule has 134 valence electrons. The molecule has 0 saturated carbocycles. The van der Waals surface area contributed by atoms with E-state index in [9.17, 15) is 18.4 Å². The largest absolute Gasteiger partial charge is 0.434 e. The highest BCUT2D eigenvalue weighted by Gasteiger charge is 2.27. The molecule has 1 atom stereocenters. The molecule has 24 heavy (non-hydrogen) atoms. The fourth-order valence-corrected chi connectivity index (χ4v) is 2.43. The van der Waals surface area contributed by atoms with E-state index in [0.717, 1.165) is 0 Å². The predicted octanol–water partition coefficient (Wildman–Crippen LogP) is 1.34. The first-order valence-electron chi connectivity index (χ1n) is 7.27. The highest BCUT2D eigenvalue weighted by Crippen LogP contribution is 2.22. The number of nitrogens with two attached hydrogens (primary N) is 1. The maximum atomic E-state index is 12.5. The Bertz CT molecular complexity index is 579. The molecule has 0 spiro atoms. The molecule has 1 aromatic rings. The Labute approximate surface area is 144 Å². The second kappa shape index (κ2) is 8.79. The predicted molar refractivity (Wildman–Crippen MR) is 86.5 cm³/mol. The van der Waals surface area contributed by atoms with Gasteiger partial charge in [-0.15, -0.1) is 12.4 Å². The summed E-state index contributed by atoms with van der Waals surface area (Å²) in [5.74, 6) is -0.714. The molecule has 1 fully saturated rings. The van der Waals surface area contributed by atoms with Gasteiger partial charge in [0.1, 0.15) is 5.75 Å². The molecule has 2 rings (SSSR count). The van der Waals surface area contributed by atoms with Crippen LogP contribution in [-0.2, 0) is 4.79 Å². The zero-order valence-electron chi connectivity index (χ0n) is 13.2. The number of ether oxygens (including phenoxy) is 1. The van der Waals surface area contributed by atoms with Crippen LogP contribution in [-0.4, -0.2) is 60.4 Å². The Morgan fingerprint density at radius 2 is 1.67 bits per heavy atom. The van der Waals surface area contributed by atoms with E-state index in [1.807, 2.05) is 0 Å². The lowest BCUT2D eigenvalue weighted by molar-refractivity contribution is -0.133. The summed E-state index contributed by atoms with van der Waals surface area (Å²) in [5, 5.41) is 0. The molecule has 6 nitrogen and oxygen atoms in total. The van der Waals surface area contributed by atoms with Crippen LogP contribution in [0.3, 0.4) is 0 Å². The Morgan fingerprint density at radius 1 is 1.12 bits per heavy atom. The number of alkyl halides is 2. The molecule has 2 N–H and O–H groups in total. The van der Waals surface area contributed by atoms with Crippen molar-refractivity contribution in [1.29, 1.82) is 0 Å². The van der Waals surface area contributed by atoms with Crippen molar-refractivity contribution in [3.05, 3.63) is 29.8 Å². The topological polar surface area (TPSA) is 75.9 Å². The second-order valence-electron chi connectivity index (χ2n) is 5.28. The van der Waals surface area contributed by atoms with Crippen LogP contribution in [0.2, 0.25) is 0 Å². The third kappa shape index (κ3) is 4.78. The number of rotatable bonds is 4. The molecule has 0 bridgehead atoms. The van der Waals surface area contributed by atoms with Gasteiger partial charge in [-0.2, -0.15) is 8.78 Å². The summed E-state index contributed by atoms with van der Waals surface area (Å²) in [6, 6.07) is 5.29. The summed E-state index contributed by atoms with van der Waals surface area (Å²) in [7, 11) is 0. The van der Waals surface area contributed by atoms with E-state index < -0.39 is 18.6 Å². The fraction of sp³-hybridized carbons (Fsp3) is 0.467. The summed E-state index contributed by atoms with van der Waals surface area (Å²) in [4.78, 5) is 27.4. The van der Waals surface area contributed by atoms with Gasteiger partial charge in [0.2, 0.25) is 5.91 Å². The molecule has 1 saturated heterocycles. The van der Waals surface area contributed by atoms with Crippen molar-refractivity contribution in [3.63, 3.8) is 0 Å². The van der Waals surface area contributed by atoms with Crippen molar-refractivity contribution in [2.45, 2.75) is 19.6 Å². The Balaban J connectivity index is 0.00000288. The lowest BCUT2D eigenvalue weighted by Crippen LogP contribution is -2.53. The summed E-state index contributed by atoms with van der Waals surface area (Å²) in [6.45, 7) is -0.0173. The smallest absolute Gasteiger partial charge is 0.387 e. The second-order valence-corrected chi connectivity index (χ2v) is 5.28. The molecule has 1 unspecified atom stereocenters. The molecular weight excluding hydrogens is 344 g/mol. The van der Waals surface area contributed by atoms with Crippen molar-refractivity contribution in [2.24, 2.45) is 5.73 Å². The molecule has 1 aromatic carbocycles. The van der Waals surface area contributed by atoms with Gasteiger partial charge in [-0.3, -0.25) is 9.59 Å². The van der Waals surface area contributed by atoms with Crippen molar-refractivity contribution in [2.75, 3.05) is 26.2 Å². The average Bonchev–Trinajstić information content (AvgIpc) is 2.53. The quantitative estimate of drug-likeness (QED) is 0.876. The van der Waals surface area contributed by atoms with Gasteiger partial charge in [-0.25, -0.2) is 0 Å². The molecule has 2 amide bonds. The van der Waals surface area contributed by atoms with E-state index >= 15 is 0 Å². The zero-order chi connectivity index (χ0) is 17.0.